The first-order chi connectivity index (χ1) is 8.60. The van der Waals surface area contributed by atoms with E-state index >= 15 is 0 Å². The molecule has 0 bridgehead atoms. The molecule has 0 radical (unpaired) electrons. The van der Waals surface area contributed by atoms with E-state index in [0.29, 0.717) is 16.2 Å². The Morgan fingerprint density at radius 3 is 2.94 bits per heavy atom. The van der Waals surface area contributed by atoms with Crippen LogP contribution in [0.5, 0.6) is 0 Å². The number of rotatable bonds is 7. The molecule has 0 spiro atoms. The van der Waals surface area contributed by atoms with Gasteiger partial charge in [0.1, 0.15) is 4.47 Å². The molecule has 1 heterocycles. The number of aliphatic hydroxyl groups excluding tert-OH is 1. The maximum absolute atomic E-state index is 11.9. The third-order valence-corrected chi connectivity index (χ3v) is 3.46. The molecule has 0 saturated carbocycles. The summed E-state index contributed by atoms with van der Waals surface area (Å²) in [6, 6.07) is 0.302. The van der Waals surface area contributed by atoms with E-state index in [2.05, 4.69) is 40.2 Å². The second-order valence-electron chi connectivity index (χ2n) is 4.31. The van der Waals surface area contributed by atoms with Crippen LogP contribution in [0.1, 0.15) is 33.1 Å². The third kappa shape index (κ3) is 4.10. The van der Waals surface area contributed by atoms with Gasteiger partial charge in [0.05, 0.1) is 25.0 Å². The van der Waals surface area contributed by atoms with Crippen LogP contribution >= 0.6 is 15.9 Å². The highest BCUT2D eigenvalue weighted by Crippen LogP contribution is 2.18. The average molecular weight is 318 g/mol. The summed E-state index contributed by atoms with van der Waals surface area (Å²) in [6.45, 7) is 4.35. The SMILES string of the molecule is CCCCC(C)Nc1cnn(CCO)c(=O)c1Br. The predicted molar refractivity (Wildman–Crippen MR) is 75.9 cm³/mol. The van der Waals surface area contributed by atoms with Crippen LogP contribution in [-0.4, -0.2) is 27.5 Å². The van der Waals surface area contributed by atoms with Crippen molar-refractivity contribution in [3.8, 4) is 0 Å². The van der Waals surface area contributed by atoms with Crippen molar-refractivity contribution in [3.05, 3.63) is 21.0 Å². The largest absolute Gasteiger partial charge is 0.394 e. The van der Waals surface area contributed by atoms with Gasteiger partial charge in [0, 0.05) is 6.04 Å². The number of aromatic nitrogens is 2. The number of nitrogens with zero attached hydrogens (tertiary/aromatic N) is 2. The number of unbranched alkanes of at least 4 members (excludes halogenated alkanes) is 1. The summed E-state index contributed by atoms with van der Waals surface area (Å²) in [7, 11) is 0. The van der Waals surface area contributed by atoms with Crippen LogP contribution in [-0.2, 0) is 6.54 Å². The predicted octanol–water partition coefficient (Wildman–Crippen LogP) is 1.99. The van der Waals surface area contributed by atoms with E-state index in [0.717, 1.165) is 19.3 Å². The quantitative estimate of drug-likeness (QED) is 0.807. The molecule has 0 aliphatic carbocycles. The van der Waals surface area contributed by atoms with Crippen molar-refractivity contribution >= 4 is 21.6 Å². The molecule has 102 valence electrons. The van der Waals surface area contributed by atoms with Gasteiger partial charge >= 0.3 is 0 Å². The summed E-state index contributed by atoms with van der Waals surface area (Å²) in [5.41, 5.74) is 0.481. The van der Waals surface area contributed by atoms with Crippen molar-refractivity contribution < 1.29 is 5.11 Å². The minimum atomic E-state index is -0.225. The molecule has 1 aromatic rings. The van der Waals surface area contributed by atoms with Crippen LogP contribution in [0.2, 0.25) is 0 Å². The molecule has 1 aromatic heterocycles. The molecule has 1 unspecified atom stereocenters. The Hall–Kier alpha value is -0.880. The van der Waals surface area contributed by atoms with Crippen LogP contribution in [0, 0.1) is 0 Å². The van der Waals surface area contributed by atoms with Crippen molar-refractivity contribution in [2.24, 2.45) is 0 Å². The van der Waals surface area contributed by atoms with Gasteiger partial charge in [-0.3, -0.25) is 4.79 Å². The van der Waals surface area contributed by atoms with E-state index in [1.807, 2.05) is 0 Å². The molecular formula is C12H20BrN3O2. The first kappa shape index (κ1) is 15.2. The van der Waals surface area contributed by atoms with E-state index in [1.165, 1.54) is 4.68 Å². The molecule has 1 rings (SSSR count). The topological polar surface area (TPSA) is 67.2 Å². The van der Waals surface area contributed by atoms with Gasteiger partial charge in [0.2, 0.25) is 0 Å². The number of hydrogen-bond acceptors (Lipinski definition) is 4. The first-order valence-corrected chi connectivity index (χ1v) is 7.02. The van der Waals surface area contributed by atoms with Crippen molar-refractivity contribution in [2.45, 2.75) is 45.7 Å². The highest BCUT2D eigenvalue weighted by molar-refractivity contribution is 9.10. The number of hydrogen-bond donors (Lipinski definition) is 2. The molecular weight excluding hydrogens is 298 g/mol. The monoisotopic (exact) mass is 317 g/mol. The number of nitrogens with one attached hydrogen (secondary N) is 1. The normalized spacial score (nSPS) is 12.4. The van der Waals surface area contributed by atoms with E-state index in [9.17, 15) is 4.79 Å². The lowest BCUT2D eigenvalue weighted by atomic mass is 10.1. The van der Waals surface area contributed by atoms with Gasteiger partial charge in [0.25, 0.3) is 5.56 Å². The molecule has 0 aliphatic heterocycles. The van der Waals surface area contributed by atoms with Crippen molar-refractivity contribution in [3.63, 3.8) is 0 Å². The Bertz CT molecular complexity index is 434. The van der Waals surface area contributed by atoms with Crippen molar-refractivity contribution in [2.75, 3.05) is 11.9 Å². The van der Waals surface area contributed by atoms with Gasteiger partial charge in [-0.05, 0) is 29.3 Å². The van der Waals surface area contributed by atoms with E-state index in [4.69, 9.17) is 5.11 Å². The average Bonchev–Trinajstić information content (AvgIpc) is 2.36. The van der Waals surface area contributed by atoms with Crippen LogP contribution in [0.25, 0.3) is 0 Å². The molecule has 0 aliphatic rings. The fourth-order valence-electron chi connectivity index (χ4n) is 1.67. The minimum Gasteiger partial charge on any atom is -0.394 e. The van der Waals surface area contributed by atoms with Crippen molar-refractivity contribution in [1.29, 1.82) is 0 Å². The number of halogens is 1. The van der Waals surface area contributed by atoms with Crippen LogP contribution in [0.4, 0.5) is 5.69 Å². The third-order valence-electron chi connectivity index (χ3n) is 2.69. The Morgan fingerprint density at radius 1 is 1.61 bits per heavy atom. The smallest absolute Gasteiger partial charge is 0.283 e. The second kappa shape index (κ2) is 7.53. The highest BCUT2D eigenvalue weighted by Gasteiger charge is 2.10. The van der Waals surface area contributed by atoms with Gasteiger partial charge in [-0.25, -0.2) is 4.68 Å². The summed E-state index contributed by atoms with van der Waals surface area (Å²) < 4.78 is 1.71. The van der Waals surface area contributed by atoms with Gasteiger partial charge in [-0.15, -0.1) is 0 Å². The Morgan fingerprint density at radius 2 is 2.33 bits per heavy atom. The molecule has 6 heteroatoms. The molecule has 0 saturated heterocycles. The highest BCUT2D eigenvalue weighted by atomic mass is 79.9. The summed E-state index contributed by atoms with van der Waals surface area (Å²) in [6.07, 6.45) is 4.98. The van der Waals surface area contributed by atoms with Crippen LogP contribution in [0.3, 0.4) is 0 Å². The molecule has 0 aromatic carbocycles. The Labute approximate surface area is 115 Å². The van der Waals surface area contributed by atoms with Crippen LogP contribution in [0.15, 0.2) is 15.5 Å². The Kier molecular flexibility index (Phi) is 6.35. The van der Waals surface area contributed by atoms with Crippen molar-refractivity contribution in [1.82, 2.24) is 9.78 Å². The maximum atomic E-state index is 11.9. The van der Waals surface area contributed by atoms with Gasteiger partial charge in [0.15, 0.2) is 0 Å². The van der Waals surface area contributed by atoms with E-state index in [-0.39, 0.29) is 18.7 Å². The van der Waals surface area contributed by atoms with E-state index < -0.39 is 0 Å². The summed E-state index contributed by atoms with van der Waals surface area (Å²) in [5.74, 6) is 0. The summed E-state index contributed by atoms with van der Waals surface area (Å²) in [5, 5.41) is 16.1. The zero-order chi connectivity index (χ0) is 13.5. The molecule has 0 amide bonds. The fraction of sp³-hybridized carbons (Fsp3) is 0.667. The summed E-state index contributed by atoms with van der Waals surface area (Å²) in [4.78, 5) is 11.9. The molecule has 18 heavy (non-hydrogen) atoms. The number of aliphatic hydroxyl groups is 1. The minimum absolute atomic E-state index is 0.0982. The zero-order valence-electron chi connectivity index (χ0n) is 10.8. The molecule has 0 fully saturated rings. The summed E-state index contributed by atoms with van der Waals surface area (Å²) >= 11 is 3.28. The fourth-order valence-corrected chi connectivity index (χ4v) is 2.09. The lowest BCUT2D eigenvalue weighted by Gasteiger charge is -2.16. The van der Waals surface area contributed by atoms with Crippen LogP contribution < -0.4 is 10.9 Å². The standard InChI is InChI=1S/C12H20BrN3O2/c1-3-4-5-9(2)15-10-8-14-16(6-7-17)12(18)11(10)13/h8-9,15,17H,3-7H2,1-2H3. The molecule has 5 nitrogen and oxygen atoms in total. The lowest BCUT2D eigenvalue weighted by Crippen LogP contribution is -2.27. The number of anilines is 1. The first-order valence-electron chi connectivity index (χ1n) is 6.23. The Balaban J connectivity index is 2.79. The second-order valence-corrected chi connectivity index (χ2v) is 5.10. The van der Waals surface area contributed by atoms with E-state index in [1.54, 1.807) is 6.20 Å². The van der Waals surface area contributed by atoms with Gasteiger partial charge in [-0.1, -0.05) is 19.8 Å². The molecule has 1 atom stereocenters. The zero-order valence-corrected chi connectivity index (χ0v) is 12.4. The molecule has 2 N–H and O–H groups in total. The lowest BCUT2D eigenvalue weighted by molar-refractivity contribution is 0.266. The van der Waals surface area contributed by atoms with Gasteiger partial charge < -0.3 is 10.4 Å². The maximum Gasteiger partial charge on any atom is 0.283 e. The van der Waals surface area contributed by atoms with Gasteiger partial charge in [-0.2, -0.15) is 5.10 Å².